The molecule has 0 aromatic heterocycles. The number of carbonyl (C=O) groups excluding carboxylic acids is 2. The Morgan fingerprint density at radius 1 is 1.07 bits per heavy atom. The van der Waals surface area contributed by atoms with Crippen LogP contribution in [0.2, 0.25) is 0 Å². The minimum absolute atomic E-state index is 0.0828. The number of hydrogen-bond acceptors (Lipinski definition) is 5. The topological polar surface area (TPSA) is 62.2 Å². The molecule has 154 valence electrons. The highest BCUT2D eigenvalue weighted by atomic mass is 32.2. The molecule has 0 atom stereocenters. The average molecular weight is 422 g/mol. The summed E-state index contributed by atoms with van der Waals surface area (Å²) in [5.74, 6) is 0.576. The lowest BCUT2D eigenvalue weighted by atomic mass is 10.2. The van der Waals surface area contributed by atoms with Gasteiger partial charge in [-0.25, -0.2) is 0 Å². The zero-order valence-electron chi connectivity index (χ0n) is 16.8. The molecule has 30 heavy (non-hydrogen) atoms. The van der Waals surface area contributed by atoms with Gasteiger partial charge < -0.3 is 14.5 Å². The highest BCUT2D eigenvalue weighted by molar-refractivity contribution is 8.18. The maximum atomic E-state index is 12.5. The Labute approximate surface area is 180 Å². The Morgan fingerprint density at radius 2 is 1.77 bits per heavy atom. The summed E-state index contributed by atoms with van der Waals surface area (Å²) >= 11 is 1.38. The van der Waals surface area contributed by atoms with Gasteiger partial charge >= 0.3 is 0 Å². The van der Waals surface area contributed by atoms with Crippen LogP contribution in [-0.2, 0) is 16.2 Å². The van der Waals surface area contributed by atoms with Crippen molar-refractivity contribution in [1.82, 2.24) is 9.80 Å². The summed E-state index contributed by atoms with van der Waals surface area (Å²) in [6.07, 6.45) is 1.84. The van der Waals surface area contributed by atoms with E-state index in [-0.39, 0.29) is 11.8 Å². The Balaban J connectivity index is 1.43. The molecule has 0 bridgehead atoms. The molecule has 0 saturated carbocycles. The van der Waals surface area contributed by atoms with E-state index in [9.17, 15) is 9.59 Å². The normalized spacial score (nSPS) is 18.0. The van der Waals surface area contributed by atoms with Gasteiger partial charge in [0.05, 0.1) is 4.91 Å². The van der Waals surface area contributed by atoms with Crippen LogP contribution in [0.5, 0.6) is 5.75 Å². The molecule has 2 aromatic carbocycles. The maximum absolute atomic E-state index is 12.5. The van der Waals surface area contributed by atoms with Gasteiger partial charge in [-0.05, 0) is 29.5 Å². The Kier molecular flexibility index (Phi) is 6.18. The van der Waals surface area contributed by atoms with Gasteiger partial charge in [0.2, 0.25) is 5.91 Å². The minimum atomic E-state index is -0.234. The summed E-state index contributed by atoms with van der Waals surface area (Å²) in [7, 11) is 0. The molecule has 0 unspecified atom stereocenters. The summed E-state index contributed by atoms with van der Waals surface area (Å²) < 4.78 is 6.00. The van der Waals surface area contributed by atoms with Gasteiger partial charge in [-0.3, -0.25) is 9.59 Å². The van der Waals surface area contributed by atoms with Crippen molar-refractivity contribution in [2.75, 3.05) is 26.2 Å². The minimum Gasteiger partial charge on any atom is -0.488 e. The number of rotatable bonds is 4. The molecule has 0 spiro atoms. The summed E-state index contributed by atoms with van der Waals surface area (Å²) in [6.45, 7) is 4.71. The Morgan fingerprint density at radius 3 is 2.50 bits per heavy atom. The third-order valence-corrected chi connectivity index (χ3v) is 6.09. The van der Waals surface area contributed by atoms with E-state index in [1.54, 1.807) is 6.92 Å². The molecule has 7 heteroatoms. The zero-order valence-corrected chi connectivity index (χ0v) is 17.6. The van der Waals surface area contributed by atoms with Crippen molar-refractivity contribution in [3.05, 3.63) is 70.6 Å². The second-order valence-electron chi connectivity index (χ2n) is 7.12. The molecule has 6 nitrogen and oxygen atoms in total. The molecule has 2 amide bonds. The summed E-state index contributed by atoms with van der Waals surface area (Å²) in [5, 5.41) is 0.706. The van der Waals surface area contributed by atoms with E-state index in [2.05, 4.69) is 9.89 Å². The number of amidine groups is 1. The zero-order chi connectivity index (χ0) is 20.9. The first-order valence-electron chi connectivity index (χ1n) is 9.89. The lowest BCUT2D eigenvalue weighted by Gasteiger charge is -2.34. The predicted molar refractivity (Wildman–Crippen MR) is 119 cm³/mol. The van der Waals surface area contributed by atoms with Crippen molar-refractivity contribution in [3.63, 3.8) is 0 Å². The van der Waals surface area contributed by atoms with E-state index in [4.69, 9.17) is 4.74 Å². The largest absolute Gasteiger partial charge is 0.488 e. The van der Waals surface area contributed by atoms with Gasteiger partial charge in [-0.2, -0.15) is 4.99 Å². The molecule has 1 saturated heterocycles. The van der Waals surface area contributed by atoms with E-state index in [1.165, 1.54) is 11.8 Å². The second kappa shape index (κ2) is 9.17. The van der Waals surface area contributed by atoms with E-state index in [0.717, 1.165) is 16.9 Å². The number of benzene rings is 2. The number of hydrogen-bond donors (Lipinski definition) is 0. The van der Waals surface area contributed by atoms with Crippen molar-refractivity contribution in [2.45, 2.75) is 13.5 Å². The third kappa shape index (κ3) is 4.74. The Bertz CT molecular complexity index is 996. The van der Waals surface area contributed by atoms with Crippen molar-refractivity contribution in [3.8, 4) is 5.75 Å². The van der Waals surface area contributed by atoms with Crippen LogP contribution in [0.1, 0.15) is 18.1 Å². The number of aliphatic imine (C=N–C) groups is 1. The van der Waals surface area contributed by atoms with Gasteiger partial charge in [-0.15, -0.1) is 0 Å². The van der Waals surface area contributed by atoms with E-state index >= 15 is 0 Å². The van der Waals surface area contributed by atoms with Crippen LogP contribution in [0.25, 0.3) is 6.08 Å². The van der Waals surface area contributed by atoms with Gasteiger partial charge in [0.15, 0.2) is 5.17 Å². The molecule has 0 radical (unpaired) electrons. The number of thioether (sulfide) groups is 1. The van der Waals surface area contributed by atoms with Crippen LogP contribution in [0.3, 0.4) is 0 Å². The maximum Gasteiger partial charge on any atom is 0.286 e. The molecule has 0 aliphatic carbocycles. The van der Waals surface area contributed by atoms with Crippen LogP contribution in [0.15, 0.2) is 64.5 Å². The monoisotopic (exact) mass is 421 g/mol. The summed E-state index contributed by atoms with van der Waals surface area (Å²) in [4.78, 5) is 32.7. The predicted octanol–water partition coefficient (Wildman–Crippen LogP) is 3.40. The van der Waals surface area contributed by atoms with Crippen LogP contribution in [-0.4, -0.2) is 53.0 Å². The number of para-hydroxylation sites is 1. The van der Waals surface area contributed by atoms with Gasteiger partial charge in [0.1, 0.15) is 12.4 Å². The quantitative estimate of drug-likeness (QED) is 0.708. The molecule has 2 aromatic rings. The van der Waals surface area contributed by atoms with Crippen LogP contribution in [0, 0.1) is 0 Å². The molecular formula is C23H23N3O3S. The molecule has 2 heterocycles. The van der Waals surface area contributed by atoms with E-state index < -0.39 is 0 Å². The number of nitrogens with zero attached hydrogens (tertiary/aromatic N) is 3. The lowest BCUT2D eigenvalue weighted by Crippen LogP contribution is -2.49. The highest BCUT2D eigenvalue weighted by Gasteiger charge is 2.29. The summed E-state index contributed by atoms with van der Waals surface area (Å²) in [5.41, 5.74) is 1.93. The first kappa shape index (κ1) is 20.2. The number of carbonyl (C=O) groups is 2. The number of amides is 2. The molecule has 1 fully saturated rings. The number of piperazine rings is 1. The second-order valence-corrected chi connectivity index (χ2v) is 8.12. The van der Waals surface area contributed by atoms with Gasteiger partial charge in [0.25, 0.3) is 5.91 Å². The first-order chi connectivity index (χ1) is 14.6. The molecule has 2 aliphatic rings. The van der Waals surface area contributed by atoms with E-state index in [0.29, 0.717) is 42.9 Å². The fraction of sp³-hybridized carbons (Fsp3) is 0.261. The SMILES string of the molecule is CC(=O)N1CCN(C2=NC(=O)/C(=C\c3ccccc3OCc3ccccc3)S2)CC1. The van der Waals surface area contributed by atoms with Gasteiger partial charge in [0, 0.05) is 38.7 Å². The smallest absolute Gasteiger partial charge is 0.286 e. The van der Waals surface area contributed by atoms with Crippen LogP contribution < -0.4 is 4.74 Å². The molecule has 2 aliphatic heterocycles. The lowest BCUT2D eigenvalue weighted by molar-refractivity contribution is -0.130. The number of ether oxygens (including phenoxy) is 1. The average Bonchev–Trinajstić information content (AvgIpc) is 3.14. The van der Waals surface area contributed by atoms with Crippen molar-refractivity contribution in [1.29, 1.82) is 0 Å². The van der Waals surface area contributed by atoms with Crippen molar-refractivity contribution < 1.29 is 14.3 Å². The fourth-order valence-corrected chi connectivity index (χ4v) is 4.31. The molecule has 4 rings (SSSR count). The van der Waals surface area contributed by atoms with Gasteiger partial charge in [-0.1, -0.05) is 48.5 Å². The third-order valence-electron chi connectivity index (χ3n) is 5.05. The van der Waals surface area contributed by atoms with E-state index in [1.807, 2.05) is 65.6 Å². The van der Waals surface area contributed by atoms with Crippen molar-refractivity contribution in [2.24, 2.45) is 4.99 Å². The van der Waals surface area contributed by atoms with Crippen molar-refractivity contribution >= 4 is 34.8 Å². The Hall–Kier alpha value is -3.06. The highest BCUT2D eigenvalue weighted by Crippen LogP contribution is 2.32. The fourth-order valence-electron chi connectivity index (χ4n) is 3.35. The first-order valence-corrected chi connectivity index (χ1v) is 10.7. The van der Waals surface area contributed by atoms with Crippen LogP contribution in [0.4, 0.5) is 0 Å². The summed E-state index contributed by atoms with van der Waals surface area (Å²) in [6, 6.07) is 17.7. The standard InChI is InChI=1S/C23H23N3O3S/c1-17(27)25-11-13-26(14-12-25)23-24-22(28)21(30-23)15-19-9-5-6-10-20(19)29-16-18-7-3-2-4-8-18/h2-10,15H,11-14,16H2,1H3/b21-15+. The van der Waals surface area contributed by atoms with Crippen LogP contribution >= 0.6 is 11.8 Å². The molecule has 0 N–H and O–H groups in total. The molecular weight excluding hydrogens is 398 g/mol.